The van der Waals surface area contributed by atoms with Crippen molar-refractivity contribution < 1.29 is 23.8 Å². The van der Waals surface area contributed by atoms with Gasteiger partial charge in [-0.2, -0.15) is 0 Å². The molecular formula is C24H34N2O6. The molecule has 176 valence electrons. The lowest BCUT2D eigenvalue weighted by molar-refractivity contribution is 0.0950. The highest BCUT2D eigenvalue weighted by molar-refractivity contribution is 5.96. The van der Waals surface area contributed by atoms with Crippen LogP contribution in [0.3, 0.4) is 0 Å². The first kappa shape index (κ1) is 26.7. The molecule has 1 unspecified atom stereocenters. The van der Waals surface area contributed by atoms with Gasteiger partial charge in [0, 0.05) is 24.7 Å². The zero-order valence-electron chi connectivity index (χ0n) is 19.5. The van der Waals surface area contributed by atoms with Crippen LogP contribution in [-0.2, 0) is 4.74 Å². The first-order valence-electron chi connectivity index (χ1n) is 10.6. The van der Waals surface area contributed by atoms with Crippen molar-refractivity contribution in [1.82, 2.24) is 10.6 Å². The van der Waals surface area contributed by atoms with Crippen LogP contribution in [-0.4, -0.2) is 30.8 Å². The molecule has 0 saturated heterocycles. The topological polar surface area (TPSA) is 118 Å². The highest BCUT2D eigenvalue weighted by Gasteiger charge is 2.20. The van der Waals surface area contributed by atoms with Gasteiger partial charge in [0.05, 0.1) is 7.11 Å². The number of carbonyl (C=O) groups is 2. The normalized spacial score (nSPS) is 12.3. The molecule has 0 bridgehead atoms. The first-order valence-corrected chi connectivity index (χ1v) is 10.6. The Morgan fingerprint density at radius 2 is 1.94 bits per heavy atom. The number of allylic oxidation sites excluding steroid dienone is 4. The number of hydrogen-bond acceptors (Lipinski definition) is 6. The molecule has 1 rings (SSSR count). The zero-order chi connectivity index (χ0) is 24.1. The summed E-state index contributed by atoms with van der Waals surface area (Å²) < 4.78 is 9.72. The number of amides is 2. The largest absolute Gasteiger partial charge is 0.507 e. The van der Waals surface area contributed by atoms with E-state index in [-0.39, 0.29) is 18.2 Å². The summed E-state index contributed by atoms with van der Waals surface area (Å²) in [6, 6.07) is 1.30. The van der Waals surface area contributed by atoms with Crippen LogP contribution in [0, 0.1) is 0 Å². The van der Waals surface area contributed by atoms with Crippen molar-refractivity contribution in [2.45, 2.75) is 59.3 Å². The monoisotopic (exact) mass is 446 g/mol. The van der Waals surface area contributed by atoms with Crippen LogP contribution in [0.1, 0.15) is 75.4 Å². The number of carbonyl (C=O) groups excluding carboxylic acids is 2. The van der Waals surface area contributed by atoms with E-state index in [1.165, 1.54) is 24.9 Å². The van der Waals surface area contributed by atoms with E-state index in [0.29, 0.717) is 12.8 Å². The maximum absolute atomic E-state index is 12.4. The third-order valence-corrected chi connectivity index (χ3v) is 4.74. The molecule has 0 aliphatic rings. The van der Waals surface area contributed by atoms with Crippen molar-refractivity contribution in [2.24, 2.45) is 0 Å². The number of alkyl carbamates (subject to hydrolysis) is 1. The van der Waals surface area contributed by atoms with Crippen LogP contribution in [0.25, 0.3) is 0 Å². The highest BCUT2D eigenvalue weighted by atomic mass is 16.5. The minimum atomic E-state index is -0.878. The van der Waals surface area contributed by atoms with E-state index in [2.05, 4.69) is 21.4 Å². The van der Waals surface area contributed by atoms with Gasteiger partial charge in [0.15, 0.2) is 5.56 Å². The van der Waals surface area contributed by atoms with Crippen LogP contribution in [0.5, 0.6) is 5.75 Å². The average Bonchev–Trinajstić information content (AvgIpc) is 2.72. The molecule has 2 amide bonds. The maximum atomic E-state index is 12.4. The minimum absolute atomic E-state index is 0.181. The standard InChI is InChI=1S/C24H34N2O6/c1-16(2)9-8-10-17(3)12-14-25-22(28)21-19(27)15-20(32-23(21)29)18(4)11-6-7-13-26-24(30)31-5/h7,9,12-13,15,18,27H,6,8,10-11,14H2,1-5H3,(H,25,28)(H,26,30)/b13-7+,17-12+. The third kappa shape index (κ3) is 9.68. The Labute approximate surface area is 189 Å². The second kappa shape index (κ2) is 13.9. The van der Waals surface area contributed by atoms with Gasteiger partial charge in [-0.1, -0.05) is 36.3 Å². The van der Waals surface area contributed by atoms with E-state index in [9.17, 15) is 19.5 Å². The molecule has 0 fully saturated rings. The fourth-order valence-electron chi connectivity index (χ4n) is 2.81. The average molecular weight is 447 g/mol. The van der Waals surface area contributed by atoms with Crippen LogP contribution in [0.2, 0.25) is 0 Å². The van der Waals surface area contributed by atoms with Gasteiger partial charge in [-0.25, -0.2) is 9.59 Å². The molecular weight excluding hydrogens is 412 g/mol. The highest BCUT2D eigenvalue weighted by Crippen LogP contribution is 2.24. The molecule has 1 aromatic rings. The Kier molecular flexibility index (Phi) is 11.6. The predicted octanol–water partition coefficient (Wildman–Crippen LogP) is 4.52. The molecule has 8 nitrogen and oxygen atoms in total. The molecule has 0 aliphatic carbocycles. The number of aromatic hydroxyl groups is 1. The Morgan fingerprint density at radius 1 is 1.22 bits per heavy atom. The lowest BCUT2D eigenvalue weighted by atomic mass is 10.0. The number of methoxy groups -OCH3 is 1. The Hall–Kier alpha value is -3.29. The molecule has 0 radical (unpaired) electrons. The molecule has 3 N–H and O–H groups in total. The zero-order valence-corrected chi connectivity index (χ0v) is 19.5. The number of nitrogens with one attached hydrogen (secondary N) is 2. The van der Waals surface area contributed by atoms with Gasteiger partial charge in [-0.3, -0.25) is 10.1 Å². The molecule has 0 aromatic carbocycles. The van der Waals surface area contributed by atoms with Gasteiger partial charge in [-0.15, -0.1) is 0 Å². The quantitative estimate of drug-likeness (QED) is 0.430. The Morgan fingerprint density at radius 3 is 2.56 bits per heavy atom. The first-order chi connectivity index (χ1) is 15.1. The number of rotatable bonds is 11. The molecule has 1 aromatic heterocycles. The van der Waals surface area contributed by atoms with Gasteiger partial charge >= 0.3 is 11.7 Å². The van der Waals surface area contributed by atoms with Crippen molar-refractivity contribution >= 4 is 12.0 Å². The Balaban J connectivity index is 2.67. The summed E-state index contributed by atoms with van der Waals surface area (Å²) in [5, 5.41) is 15.3. The van der Waals surface area contributed by atoms with Crippen molar-refractivity contribution in [2.75, 3.05) is 13.7 Å². The van der Waals surface area contributed by atoms with E-state index in [1.807, 2.05) is 33.8 Å². The summed E-state index contributed by atoms with van der Waals surface area (Å²) in [5.74, 6) is -0.985. The van der Waals surface area contributed by atoms with Crippen molar-refractivity contribution in [3.63, 3.8) is 0 Å². The van der Waals surface area contributed by atoms with E-state index in [4.69, 9.17) is 4.42 Å². The molecule has 0 spiro atoms. The summed E-state index contributed by atoms with van der Waals surface area (Å²) in [6.45, 7) is 8.16. The second-order valence-electron chi connectivity index (χ2n) is 7.79. The smallest absolute Gasteiger partial charge is 0.410 e. The van der Waals surface area contributed by atoms with Gasteiger partial charge in [-0.05, 0) is 46.5 Å². The van der Waals surface area contributed by atoms with E-state index >= 15 is 0 Å². The van der Waals surface area contributed by atoms with E-state index in [1.54, 1.807) is 6.08 Å². The number of ether oxygens (including phenoxy) is 1. The SMILES string of the molecule is COC(=O)N/C=C/CCC(C)c1cc(O)c(C(=O)NC/C=C(\C)CCC=C(C)C)c(=O)o1. The van der Waals surface area contributed by atoms with Crippen LogP contribution in [0.4, 0.5) is 4.79 Å². The lowest BCUT2D eigenvalue weighted by Crippen LogP contribution is -2.29. The molecule has 0 saturated carbocycles. The summed E-state index contributed by atoms with van der Waals surface area (Å²) in [4.78, 5) is 35.6. The summed E-state index contributed by atoms with van der Waals surface area (Å²) in [5.41, 5.74) is 1.10. The van der Waals surface area contributed by atoms with Crippen LogP contribution in [0.15, 0.2) is 50.9 Å². The van der Waals surface area contributed by atoms with Crippen molar-refractivity contribution in [3.05, 3.63) is 63.4 Å². The number of hydrogen-bond donors (Lipinski definition) is 3. The van der Waals surface area contributed by atoms with Crippen molar-refractivity contribution in [3.8, 4) is 5.75 Å². The van der Waals surface area contributed by atoms with Gasteiger partial charge in [0.2, 0.25) is 0 Å². The minimum Gasteiger partial charge on any atom is -0.507 e. The molecule has 0 aliphatic heterocycles. The van der Waals surface area contributed by atoms with Gasteiger partial charge < -0.3 is 19.6 Å². The Bertz CT molecular complexity index is 923. The second-order valence-corrected chi connectivity index (χ2v) is 7.79. The van der Waals surface area contributed by atoms with E-state index in [0.717, 1.165) is 18.4 Å². The lowest BCUT2D eigenvalue weighted by Gasteiger charge is -2.11. The van der Waals surface area contributed by atoms with Crippen LogP contribution >= 0.6 is 0 Å². The summed E-state index contributed by atoms with van der Waals surface area (Å²) >= 11 is 0. The maximum Gasteiger partial charge on any atom is 0.410 e. The predicted molar refractivity (Wildman–Crippen MR) is 124 cm³/mol. The van der Waals surface area contributed by atoms with Gasteiger partial charge in [0.1, 0.15) is 11.5 Å². The molecule has 8 heteroatoms. The van der Waals surface area contributed by atoms with Crippen LogP contribution < -0.4 is 16.3 Å². The van der Waals surface area contributed by atoms with Gasteiger partial charge in [0.25, 0.3) is 5.91 Å². The summed E-state index contributed by atoms with van der Waals surface area (Å²) in [7, 11) is 1.27. The summed E-state index contributed by atoms with van der Waals surface area (Å²) in [6.07, 6.45) is 9.69. The fourth-order valence-corrected chi connectivity index (χ4v) is 2.81. The third-order valence-electron chi connectivity index (χ3n) is 4.74. The fraction of sp³-hybridized carbons (Fsp3) is 0.458. The molecule has 32 heavy (non-hydrogen) atoms. The van der Waals surface area contributed by atoms with Crippen molar-refractivity contribution in [1.29, 1.82) is 0 Å². The molecule has 1 atom stereocenters. The molecule has 1 heterocycles. The van der Waals surface area contributed by atoms with E-state index < -0.39 is 28.9 Å².